The van der Waals surface area contributed by atoms with Crippen LogP contribution in [0.2, 0.25) is 0 Å². The first-order valence-corrected chi connectivity index (χ1v) is 5.88. The molecule has 1 N–H and O–H groups in total. The Kier molecular flexibility index (Phi) is 6.39. The summed E-state index contributed by atoms with van der Waals surface area (Å²) in [5.41, 5.74) is -0.0435. The molecule has 3 heteroatoms. The third kappa shape index (κ3) is 8.28. The maximum absolute atomic E-state index is 10.5. The second-order valence-electron chi connectivity index (χ2n) is 4.23. The quantitative estimate of drug-likeness (QED) is 0.555. The number of rotatable bonds is 7. The summed E-state index contributed by atoms with van der Waals surface area (Å²) >= 11 is 3.38. The first-order valence-electron chi connectivity index (χ1n) is 4.76. The molecule has 0 heterocycles. The summed E-state index contributed by atoms with van der Waals surface area (Å²) in [6.45, 7) is 4.05. The van der Waals surface area contributed by atoms with Gasteiger partial charge >= 0.3 is 5.97 Å². The number of aliphatic carboxylic acids is 1. The molecule has 0 aromatic heterocycles. The van der Waals surface area contributed by atoms with Gasteiger partial charge in [0, 0.05) is 5.33 Å². The van der Waals surface area contributed by atoms with Gasteiger partial charge in [0.05, 0.1) is 6.42 Å². The molecule has 0 aliphatic carbocycles. The minimum atomic E-state index is -0.689. The van der Waals surface area contributed by atoms with Crippen LogP contribution < -0.4 is 0 Å². The number of unbranched alkanes of at least 4 members (excludes halogenated alkanes) is 2. The molecular formula is C10H19BrO2. The van der Waals surface area contributed by atoms with Crippen molar-refractivity contribution in [3.63, 3.8) is 0 Å². The zero-order chi connectivity index (χ0) is 10.3. The van der Waals surface area contributed by atoms with Gasteiger partial charge in [-0.25, -0.2) is 0 Å². The summed E-state index contributed by atoms with van der Waals surface area (Å²) in [5.74, 6) is -0.689. The van der Waals surface area contributed by atoms with Gasteiger partial charge in [-0.05, 0) is 18.3 Å². The van der Waals surface area contributed by atoms with Crippen LogP contribution in [0.5, 0.6) is 0 Å². The normalized spacial score (nSPS) is 11.6. The molecule has 0 aliphatic rings. The number of carboxylic acid groups (broad SMARTS) is 1. The smallest absolute Gasteiger partial charge is 0.303 e. The molecule has 0 aromatic rings. The van der Waals surface area contributed by atoms with Crippen molar-refractivity contribution in [2.45, 2.75) is 46.0 Å². The lowest BCUT2D eigenvalue weighted by molar-refractivity contribution is -0.139. The lowest BCUT2D eigenvalue weighted by Gasteiger charge is -2.21. The Morgan fingerprint density at radius 2 is 1.92 bits per heavy atom. The maximum Gasteiger partial charge on any atom is 0.303 e. The van der Waals surface area contributed by atoms with Gasteiger partial charge in [0.2, 0.25) is 0 Å². The number of hydrogen-bond donors (Lipinski definition) is 1. The molecule has 0 aromatic carbocycles. The fraction of sp³-hybridized carbons (Fsp3) is 0.900. The molecule has 0 aliphatic heterocycles. The Morgan fingerprint density at radius 3 is 2.38 bits per heavy atom. The van der Waals surface area contributed by atoms with Crippen molar-refractivity contribution >= 4 is 21.9 Å². The molecule has 0 unspecified atom stereocenters. The van der Waals surface area contributed by atoms with E-state index in [0.717, 1.165) is 18.2 Å². The molecule has 0 saturated carbocycles. The van der Waals surface area contributed by atoms with E-state index in [1.807, 2.05) is 13.8 Å². The molecule has 78 valence electrons. The predicted octanol–water partition coefficient (Wildman–Crippen LogP) is 3.44. The van der Waals surface area contributed by atoms with Crippen molar-refractivity contribution in [3.8, 4) is 0 Å². The lowest BCUT2D eigenvalue weighted by atomic mass is 9.84. The standard InChI is InChI=1S/C10H19BrO2/c1-10(2,8-9(12)13)6-4-3-5-7-11/h3-8H2,1-2H3,(H,12,13). The molecule has 2 nitrogen and oxygen atoms in total. The van der Waals surface area contributed by atoms with E-state index < -0.39 is 5.97 Å². The van der Waals surface area contributed by atoms with E-state index in [1.54, 1.807) is 0 Å². The second kappa shape index (κ2) is 6.41. The zero-order valence-corrected chi connectivity index (χ0v) is 10.1. The van der Waals surface area contributed by atoms with Crippen molar-refractivity contribution in [1.29, 1.82) is 0 Å². The summed E-state index contributed by atoms with van der Waals surface area (Å²) in [6.07, 6.45) is 4.79. The van der Waals surface area contributed by atoms with E-state index in [0.29, 0.717) is 0 Å². The van der Waals surface area contributed by atoms with Crippen LogP contribution in [-0.2, 0) is 4.79 Å². The van der Waals surface area contributed by atoms with Gasteiger partial charge in [0.1, 0.15) is 0 Å². The molecule has 0 bridgehead atoms. The zero-order valence-electron chi connectivity index (χ0n) is 8.48. The summed E-state index contributed by atoms with van der Waals surface area (Å²) in [6, 6.07) is 0. The van der Waals surface area contributed by atoms with Crippen LogP contribution in [0.4, 0.5) is 0 Å². The molecular weight excluding hydrogens is 232 g/mol. The largest absolute Gasteiger partial charge is 0.481 e. The highest BCUT2D eigenvalue weighted by Gasteiger charge is 2.20. The lowest BCUT2D eigenvalue weighted by Crippen LogP contribution is -2.16. The third-order valence-corrected chi connectivity index (χ3v) is 2.68. The average molecular weight is 251 g/mol. The number of halogens is 1. The maximum atomic E-state index is 10.5. The Hall–Kier alpha value is -0.0500. The summed E-state index contributed by atoms with van der Waals surface area (Å²) in [4.78, 5) is 10.5. The SMILES string of the molecule is CC(C)(CCCCCBr)CC(=O)O. The van der Waals surface area contributed by atoms with Crippen LogP contribution in [0.25, 0.3) is 0 Å². The monoisotopic (exact) mass is 250 g/mol. The van der Waals surface area contributed by atoms with E-state index in [-0.39, 0.29) is 11.8 Å². The van der Waals surface area contributed by atoms with Crippen molar-refractivity contribution in [2.75, 3.05) is 5.33 Å². The van der Waals surface area contributed by atoms with Gasteiger partial charge in [-0.2, -0.15) is 0 Å². The summed E-state index contributed by atoms with van der Waals surface area (Å²) < 4.78 is 0. The Labute approximate surface area is 88.8 Å². The molecule has 0 fully saturated rings. The van der Waals surface area contributed by atoms with Crippen LogP contribution >= 0.6 is 15.9 Å². The predicted molar refractivity (Wildman–Crippen MR) is 58.3 cm³/mol. The molecule has 0 spiro atoms. The van der Waals surface area contributed by atoms with Gasteiger partial charge in [0.15, 0.2) is 0 Å². The number of carboxylic acids is 1. The number of alkyl halides is 1. The van der Waals surface area contributed by atoms with E-state index in [2.05, 4.69) is 15.9 Å². The molecule has 0 atom stereocenters. The first kappa shape index (κ1) is 12.9. The topological polar surface area (TPSA) is 37.3 Å². The third-order valence-electron chi connectivity index (χ3n) is 2.12. The molecule has 0 radical (unpaired) electrons. The van der Waals surface area contributed by atoms with Crippen molar-refractivity contribution < 1.29 is 9.90 Å². The highest BCUT2D eigenvalue weighted by atomic mass is 79.9. The van der Waals surface area contributed by atoms with Crippen LogP contribution in [0.1, 0.15) is 46.0 Å². The molecule has 0 amide bonds. The van der Waals surface area contributed by atoms with Crippen LogP contribution in [0.15, 0.2) is 0 Å². The van der Waals surface area contributed by atoms with Gasteiger partial charge in [-0.3, -0.25) is 4.79 Å². The summed E-state index contributed by atoms with van der Waals surface area (Å²) in [5, 5.41) is 9.69. The van der Waals surface area contributed by atoms with E-state index in [4.69, 9.17) is 5.11 Å². The Morgan fingerprint density at radius 1 is 1.31 bits per heavy atom. The average Bonchev–Trinajstić information content (AvgIpc) is 1.95. The van der Waals surface area contributed by atoms with Gasteiger partial charge in [-0.15, -0.1) is 0 Å². The van der Waals surface area contributed by atoms with Crippen LogP contribution in [0.3, 0.4) is 0 Å². The van der Waals surface area contributed by atoms with Crippen LogP contribution in [-0.4, -0.2) is 16.4 Å². The number of carbonyl (C=O) groups is 1. The Balaban J connectivity index is 3.56. The minimum Gasteiger partial charge on any atom is -0.481 e. The first-order chi connectivity index (χ1) is 5.98. The Bertz CT molecular complexity index is 155. The van der Waals surface area contributed by atoms with E-state index in [1.165, 1.54) is 12.8 Å². The fourth-order valence-electron chi connectivity index (χ4n) is 1.37. The van der Waals surface area contributed by atoms with E-state index in [9.17, 15) is 4.79 Å². The van der Waals surface area contributed by atoms with Crippen LogP contribution in [0, 0.1) is 5.41 Å². The van der Waals surface area contributed by atoms with Gasteiger partial charge < -0.3 is 5.11 Å². The summed E-state index contributed by atoms with van der Waals surface area (Å²) in [7, 11) is 0. The van der Waals surface area contributed by atoms with Crippen molar-refractivity contribution in [2.24, 2.45) is 5.41 Å². The van der Waals surface area contributed by atoms with Crippen molar-refractivity contribution in [3.05, 3.63) is 0 Å². The minimum absolute atomic E-state index is 0.0435. The number of hydrogen-bond acceptors (Lipinski definition) is 1. The molecule has 13 heavy (non-hydrogen) atoms. The van der Waals surface area contributed by atoms with Crippen molar-refractivity contribution in [1.82, 2.24) is 0 Å². The highest BCUT2D eigenvalue weighted by Crippen LogP contribution is 2.27. The fourth-order valence-corrected chi connectivity index (χ4v) is 1.77. The van der Waals surface area contributed by atoms with Gasteiger partial charge in [-0.1, -0.05) is 42.6 Å². The second-order valence-corrected chi connectivity index (χ2v) is 5.03. The highest BCUT2D eigenvalue weighted by molar-refractivity contribution is 9.09. The van der Waals surface area contributed by atoms with E-state index >= 15 is 0 Å². The molecule has 0 saturated heterocycles. The molecule has 0 rings (SSSR count). The van der Waals surface area contributed by atoms with Gasteiger partial charge in [0.25, 0.3) is 0 Å².